The van der Waals surface area contributed by atoms with Gasteiger partial charge in [0, 0.05) is 0 Å². The number of aromatic hydroxyl groups is 1. The fraction of sp³-hybridized carbons (Fsp3) is 0.182. The number of phenols is 1. The zero-order valence-electron chi connectivity index (χ0n) is 28.8. The van der Waals surface area contributed by atoms with Gasteiger partial charge in [0.15, 0.2) is 0 Å². The minimum Gasteiger partial charge on any atom is -0.508 e. The van der Waals surface area contributed by atoms with Crippen LogP contribution in [0.15, 0.2) is 115 Å². The second-order valence-corrected chi connectivity index (χ2v) is 17.6. The molecule has 0 saturated heterocycles. The minimum atomic E-state index is -0.932. The first-order valence-electron chi connectivity index (χ1n) is 16.3. The molecule has 6 aromatic rings. The molecule has 0 saturated carbocycles. The van der Waals surface area contributed by atoms with Gasteiger partial charge < -0.3 is 5.11 Å². The highest BCUT2D eigenvalue weighted by Crippen LogP contribution is 2.43. The molecule has 1 nitrogen and oxygen atoms in total. The first kappa shape index (κ1) is 32.9. The molecule has 0 bridgehead atoms. The Morgan fingerprint density at radius 3 is 1.02 bits per heavy atom. The summed E-state index contributed by atoms with van der Waals surface area (Å²) in [6, 6.07) is 42.9. The van der Waals surface area contributed by atoms with Gasteiger partial charge in [-0.3, -0.25) is 0 Å². The Morgan fingerprint density at radius 2 is 0.660 bits per heavy atom. The molecule has 0 amide bonds. The van der Waals surface area contributed by atoms with Crippen LogP contribution < -0.4 is 31.8 Å². The van der Waals surface area contributed by atoms with E-state index in [1.54, 1.807) is 0 Å². The van der Waals surface area contributed by atoms with Crippen molar-refractivity contribution in [2.45, 2.75) is 55.4 Å². The van der Waals surface area contributed by atoms with Crippen LogP contribution in [0.25, 0.3) is 11.1 Å². The second kappa shape index (κ2) is 13.6. The Hall–Kier alpha value is -4.02. The van der Waals surface area contributed by atoms with Crippen molar-refractivity contribution in [1.82, 2.24) is 0 Å². The summed E-state index contributed by atoms with van der Waals surface area (Å²) in [6.45, 7) is 17.6. The maximum absolute atomic E-state index is 11.1. The SMILES string of the molecule is Cc1cc(C)cc(P(c2cc(C)cc(C)c2)c2ccccc2-c2cc(O)ccc2P(c2cc(C)cc(C)c2)c2cc(C)cc(C)c2)c1. The van der Waals surface area contributed by atoms with E-state index in [2.05, 4.69) is 159 Å². The third-order valence-corrected chi connectivity index (χ3v) is 13.4. The zero-order chi connectivity index (χ0) is 33.4. The van der Waals surface area contributed by atoms with E-state index < -0.39 is 15.8 Å². The summed E-state index contributed by atoms with van der Waals surface area (Å²) in [5, 5.41) is 19.0. The summed E-state index contributed by atoms with van der Waals surface area (Å²) in [6.07, 6.45) is 0. The molecule has 3 heteroatoms. The van der Waals surface area contributed by atoms with Crippen LogP contribution in [0, 0.1) is 55.4 Å². The van der Waals surface area contributed by atoms with Crippen molar-refractivity contribution in [2.75, 3.05) is 0 Å². The highest BCUT2D eigenvalue weighted by Gasteiger charge is 2.26. The number of hydrogen-bond acceptors (Lipinski definition) is 1. The molecule has 1 N–H and O–H groups in total. The average Bonchev–Trinajstić information content (AvgIpc) is 2.97. The Kier molecular flexibility index (Phi) is 9.53. The fourth-order valence-electron chi connectivity index (χ4n) is 7.00. The molecule has 0 atom stereocenters. The van der Waals surface area contributed by atoms with E-state index >= 15 is 0 Å². The normalized spacial score (nSPS) is 11.4. The lowest BCUT2D eigenvalue weighted by Crippen LogP contribution is -2.26. The monoisotopic (exact) mass is 650 g/mol. The summed E-state index contributed by atoms with van der Waals surface area (Å²) < 4.78 is 0. The summed E-state index contributed by atoms with van der Waals surface area (Å²) in [7, 11) is -1.83. The van der Waals surface area contributed by atoms with Gasteiger partial charge in [-0.05, 0) is 132 Å². The Morgan fingerprint density at radius 1 is 0.340 bits per heavy atom. The van der Waals surface area contributed by atoms with E-state index in [-0.39, 0.29) is 5.75 Å². The third-order valence-electron chi connectivity index (χ3n) is 8.51. The summed E-state index contributed by atoms with van der Waals surface area (Å²) in [4.78, 5) is 0. The molecular formula is C44H44OP2. The van der Waals surface area contributed by atoms with Crippen molar-refractivity contribution in [3.8, 4) is 16.9 Å². The number of benzene rings is 6. The number of rotatable bonds is 7. The predicted octanol–water partition coefficient (Wildman–Crippen LogP) is 9.04. The summed E-state index contributed by atoms with van der Waals surface area (Å²) in [5.74, 6) is 0.288. The Labute approximate surface area is 283 Å². The summed E-state index contributed by atoms with van der Waals surface area (Å²) in [5.41, 5.74) is 12.5. The van der Waals surface area contributed by atoms with Gasteiger partial charge in [-0.15, -0.1) is 0 Å². The van der Waals surface area contributed by atoms with Gasteiger partial charge in [-0.2, -0.15) is 0 Å². The fourth-order valence-corrected chi connectivity index (χ4v) is 12.7. The Bertz CT molecular complexity index is 1920. The van der Waals surface area contributed by atoms with Crippen molar-refractivity contribution in [3.05, 3.63) is 160 Å². The van der Waals surface area contributed by atoms with Gasteiger partial charge in [0.25, 0.3) is 0 Å². The van der Waals surface area contributed by atoms with E-state index in [1.165, 1.54) is 81.9 Å². The second-order valence-electron chi connectivity index (χ2n) is 13.3. The molecule has 0 aliphatic carbocycles. The van der Waals surface area contributed by atoms with E-state index in [9.17, 15) is 5.11 Å². The van der Waals surface area contributed by atoms with E-state index in [1.807, 2.05) is 12.1 Å². The molecule has 0 spiro atoms. The molecule has 0 aliphatic heterocycles. The quantitative estimate of drug-likeness (QED) is 0.171. The van der Waals surface area contributed by atoms with Crippen LogP contribution in [0.4, 0.5) is 0 Å². The number of hydrogen-bond donors (Lipinski definition) is 1. The molecule has 236 valence electrons. The molecule has 0 fully saturated rings. The summed E-state index contributed by atoms with van der Waals surface area (Å²) >= 11 is 0. The smallest absolute Gasteiger partial charge is 0.116 e. The maximum Gasteiger partial charge on any atom is 0.116 e. The van der Waals surface area contributed by atoms with Gasteiger partial charge >= 0.3 is 0 Å². The molecule has 6 aromatic carbocycles. The van der Waals surface area contributed by atoms with Crippen molar-refractivity contribution in [3.63, 3.8) is 0 Å². The van der Waals surface area contributed by atoms with Crippen molar-refractivity contribution >= 4 is 47.7 Å². The first-order chi connectivity index (χ1) is 22.4. The number of phenolic OH excluding ortho intramolecular Hbond substituents is 1. The molecule has 0 radical (unpaired) electrons. The molecule has 0 heterocycles. The molecular weight excluding hydrogens is 606 g/mol. The van der Waals surface area contributed by atoms with Crippen molar-refractivity contribution < 1.29 is 5.11 Å². The number of aryl methyl sites for hydroxylation is 8. The van der Waals surface area contributed by atoms with Gasteiger partial charge in [0.2, 0.25) is 0 Å². The standard InChI is InChI=1S/C44H44OP2/c1-28-15-29(2)20-37(19-28)46(38-21-30(3)16-31(4)22-38)43-12-10-9-11-41(43)42-27-36(45)13-14-44(42)47(39-23-32(5)17-33(6)24-39)40-25-34(7)18-35(8)26-40/h9-27,45H,1-8H3. The third kappa shape index (κ3) is 7.28. The maximum atomic E-state index is 11.1. The Balaban J connectivity index is 1.67. The van der Waals surface area contributed by atoms with Crippen LogP contribution in [0.3, 0.4) is 0 Å². The molecule has 6 rings (SSSR count). The molecule has 0 aromatic heterocycles. The predicted molar refractivity (Wildman–Crippen MR) is 209 cm³/mol. The van der Waals surface area contributed by atoms with Crippen LogP contribution in [0.5, 0.6) is 5.75 Å². The van der Waals surface area contributed by atoms with Gasteiger partial charge in [0.05, 0.1) is 0 Å². The van der Waals surface area contributed by atoms with Crippen LogP contribution in [0.2, 0.25) is 0 Å². The van der Waals surface area contributed by atoms with Crippen LogP contribution in [-0.4, -0.2) is 5.11 Å². The first-order valence-corrected chi connectivity index (χ1v) is 19.0. The van der Waals surface area contributed by atoms with Gasteiger partial charge in [-0.25, -0.2) is 0 Å². The molecule has 0 unspecified atom stereocenters. The van der Waals surface area contributed by atoms with Gasteiger partial charge in [-0.1, -0.05) is 142 Å². The zero-order valence-corrected chi connectivity index (χ0v) is 30.6. The lowest BCUT2D eigenvalue weighted by atomic mass is 10.1. The van der Waals surface area contributed by atoms with Crippen LogP contribution in [-0.2, 0) is 0 Å². The van der Waals surface area contributed by atoms with Gasteiger partial charge in [0.1, 0.15) is 5.75 Å². The van der Waals surface area contributed by atoms with Crippen molar-refractivity contribution in [2.24, 2.45) is 0 Å². The topological polar surface area (TPSA) is 20.2 Å². The molecule has 47 heavy (non-hydrogen) atoms. The molecule has 0 aliphatic rings. The van der Waals surface area contributed by atoms with E-state index in [4.69, 9.17) is 0 Å². The average molecular weight is 651 g/mol. The lowest BCUT2D eigenvalue weighted by molar-refractivity contribution is 0.476. The minimum absolute atomic E-state index is 0.288. The highest BCUT2D eigenvalue weighted by molar-refractivity contribution is 7.80. The lowest BCUT2D eigenvalue weighted by Gasteiger charge is -2.27. The highest BCUT2D eigenvalue weighted by atomic mass is 31.1. The van der Waals surface area contributed by atoms with E-state index in [0.717, 1.165) is 5.56 Å². The van der Waals surface area contributed by atoms with Crippen LogP contribution >= 0.6 is 15.8 Å². The largest absolute Gasteiger partial charge is 0.508 e. The van der Waals surface area contributed by atoms with Crippen LogP contribution in [0.1, 0.15) is 44.5 Å². The van der Waals surface area contributed by atoms with E-state index in [0.29, 0.717) is 0 Å². The van der Waals surface area contributed by atoms with Crippen molar-refractivity contribution in [1.29, 1.82) is 0 Å².